The topological polar surface area (TPSA) is 57.3 Å². The second-order valence-electron chi connectivity index (χ2n) is 4.12. The van der Waals surface area contributed by atoms with Gasteiger partial charge in [0.15, 0.2) is 5.78 Å². The van der Waals surface area contributed by atoms with E-state index in [1.807, 2.05) is 20.8 Å². The Bertz CT molecular complexity index is 238. The van der Waals surface area contributed by atoms with Gasteiger partial charge in [0.1, 0.15) is 6.10 Å². The maximum atomic E-state index is 11.5. The van der Waals surface area contributed by atoms with Crippen LogP contribution in [-0.2, 0) is 22.8 Å². The Morgan fingerprint density at radius 2 is 1.67 bits per heavy atom. The van der Waals surface area contributed by atoms with Crippen LogP contribution in [0.4, 0.5) is 0 Å². The zero-order chi connectivity index (χ0) is 13.4. The molecule has 1 unspecified atom stereocenters. The number of hydrogen-bond acceptors (Lipinski definition) is 5. The molecule has 0 bridgehead atoms. The highest BCUT2D eigenvalue weighted by Crippen LogP contribution is 2.21. The molecule has 0 aromatic rings. The number of ether oxygens (including phenoxy) is 1. The summed E-state index contributed by atoms with van der Waals surface area (Å²) in [4.78, 5) is 11.5. The highest BCUT2D eigenvalue weighted by atomic mass is 28.4. The lowest BCUT2D eigenvalue weighted by molar-refractivity contribution is -0.120. The minimum atomic E-state index is -2.57. The van der Waals surface area contributed by atoms with Crippen molar-refractivity contribution in [1.29, 1.82) is 0 Å². The summed E-state index contributed by atoms with van der Waals surface area (Å²) in [5, 5.41) is 0. The monoisotopic (exact) mass is 276 g/mol. The summed E-state index contributed by atoms with van der Waals surface area (Å²) in [6.07, 6.45) is 1.12. The molecule has 0 radical (unpaired) electrons. The fourth-order valence-corrected chi connectivity index (χ4v) is 4.49. The number of Topliss-reactive ketones (excluding diaryl/α,β-unsaturated/α-hetero) is 1. The molecule has 1 fully saturated rings. The Kier molecular flexibility index (Phi) is 7.02. The number of carbonyl (C=O) groups excluding carboxylic acids is 1. The molecular formula is C12H24O5Si. The third-order valence-corrected chi connectivity index (χ3v) is 5.84. The normalized spacial score (nSPS) is 18.9. The van der Waals surface area contributed by atoms with Crippen molar-refractivity contribution < 1.29 is 22.8 Å². The number of ketones is 1. The molecular weight excluding hydrogens is 252 g/mol. The maximum Gasteiger partial charge on any atom is 0.500 e. The van der Waals surface area contributed by atoms with Crippen molar-refractivity contribution >= 4 is 14.6 Å². The Morgan fingerprint density at radius 1 is 1.17 bits per heavy atom. The molecule has 1 rings (SSSR count). The molecule has 18 heavy (non-hydrogen) atoms. The number of rotatable bonds is 11. The fourth-order valence-electron chi connectivity index (χ4n) is 1.88. The minimum Gasteiger partial charge on any atom is -0.374 e. The van der Waals surface area contributed by atoms with Gasteiger partial charge >= 0.3 is 8.80 Å². The van der Waals surface area contributed by atoms with Crippen LogP contribution in [0.3, 0.4) is 0 Å². The average Bonchev–Trinajstić information content (AvgIpc) is 3.13. The van der Waals surface area contributed by atoms with E-state index in [0.717, 1.165) is 6.42 Å². The van der Waals surface area contributed by atoms with Gasteiger partial charge in [0, 0.05) is 32.3 Å². The van der Waals surface area contributed by atoms with Gasteiger partial charge in [0.25, 0.3) is 0 Å². The summed E-state index contributed by atoms with van der Waals surface area (Å²) in [7, 11) is -2.57. The van der Waals surface area contributed by atoms with Crippen molar-refractivity contribution in [2.75, 3.05) is 26.4 Å². The van der Waals surface area contributed by atoms with E-state index in [2.05, 4.69) is 0 Å². The van der Waals surface area contributed by atoms with Gasteiger partial charge in [-0.05, 0) is 27.2 Å². The molecule has 0 aromatic heterocycles. The smallest absolute Gasteiger partial charge is 0.374 e. The van der Waals surface area contributed by atoms with E-state index in [9.17, 15) is 4.79 Å². The molecule has 1 atom stereocenters. The predicted octanol–water partition coefficient (Wildman–Crippen LogP) is 1.78. The van der Waals surface area contributed by atoms with Crippen molar-refractivity contribution in [2.45, 2.75) is 45.8 Å². The zero-order valence-electron chi connectivity index (χ0n) is 11.6. The highest BCUT2D eigenvalue weighted by molar-refractivity contribution is 6.60. The van der Waals surface area contributed by atoms with E-state index in [0.29, 0.717) is 38.9 Å². The molecule has 0 N–H and O–H groups in total. The predicted molar refractivity (Wildman–Crippen MR) is 69.4 cm³/mol. The van der Waals surface area contributed by atoms with E-state index in [1.165, 1.54) is 0 Å². The lowest BCUT2D eigenvalue weighted by Gasteiger charge is -2.28. The Hall–Kier alpha value is -0.273. The maximum absolute atomic E-state index is 11.5. The van der Waals surface area contributed by atoms with Crippen molar-refractivity contribution in [3.05, 3.63) is 0 Å². The minimum absolute atomic E-state index is 0.146. The first-order chi connectivity index (χ1) is 8.67. The highest BCUT2D eigenvalue weighted by Gasteiger charge is 2.40. The van der Waals surface area contributed by atoms with Gasteiger partial charge in [-0.25, -0.2) is 0 Å². The molecule has 5 nitrogen and oxygen atoms in total. The first kappa shape index (κ1) is 15.8. The van der Waals surface area contributed by atoms with Gasteiger partial charge in [-0.3, -0.25) is 4.79 Å². The van der Waals surface area contributed by atoms with Gasteiger partial charge in [-0.1, -0.05) is 0 Å². The molecule has 0 saturated carbocycles. The molecule has 1 aliphatic rings. The van der Waals surface area contributed by atoms with Crippen LogP contribution in [0.2, 0.25) is 6.04 Å². The van der Waals surface area contributed by atoms with Crippen LogP contribution in [-0.4, -0.2) is 47.1 Å². The van der Waals surface area contributed by atoms with E-state index in [-0.39, 0.29) is 11.9 Å². The van der Waals surface area contributed by atoms with Crippen LogP contribution < -0.4 is 0 Å². The molecule has 0 amide bonds. The first-order valence-corrected chi connectivity index (χ1v) is 8.66. The summed E-state index contributed by atoms with van der Waals surface area (Å²) in [5.41, 5.74) is 0. The average molecular weight is 276 g/mol. The van der Waals surface area contributed by atoms with E-state index in [4.69, 9.17) is 18.0 Å². The van der Waals surface area contributed by atoms with Crippen LogP contribution in [0.15, 0.2) is 0 Å². The SMILES string of the molecule is CCO[Si](CCCC(=O)C1CO1)(OCC)OCC. The quantitative estimate of drug-likeness (QED) is 0.425. The molecule has 1 saturated heterocycles. The summed E-state index contributed by atoms with van der Waals surface area (Å²) >= 11 is 0. The van der Waals surface area contributed by atoms with Crippen molar-refractivity contribution in [3.8, 4) is 0 Å². The van der Waals surface area contributed by atoms with Crippen LogP contribution in [0.25, 0.3) is 0 Å². The second-order valence-corrected chi connectivity index (χ2v) is 6.86. The molecule has 106 valence electrons. The van der Waals surface area contributed by atoms with Gasteiger partial charge < -0.3 is 18.0 Å². The molecule has 0 aromatic carbocycles. The standard InChI is InChI=1S/C12H24O5Si/c1-4-15-18(16-5-2,17-6-3)9-7-8-11(13)12-10-14-12/h12H,4-10H2,1-3H3. The number of epoxide rings is 1. The lowest BCUT2D eigenvalue weighted by Crippen LogP contribution is -2.46. The van der Waals surface area contributed by atoms with Crippen LogP contribution in [0, 0.1) is 0 Å². The summed E-state index contributed by atoms with van der Waals surface area (Å²) in [6, 6.07) is 0.695. The molecule has 1 aliphatic heterocycles. The number of hydrogen-bond donors (Lipinski definition) is 0. The summed E-state index contributed by atoms with van der Waals surface area (Å²) < 4.78 is 22.1. The van der Waals surface area contributed by atoms with Crippen LogP contribution in [0.5, 0.6) is 0 Å². The second kappa shape index (κ2) is 8.01. The van der Waals surface area contributed by atoms with Crippen LogP contribution in [0.1, 0.15) is 33.6 Å². The molecule has 0 spiro atoms. The third-order valence-electron chi connectivity index (χ3n) is 2.69. The van der Waals surface area contributed by atoms with Crippen molar-refractivity contribution in [2.24, 2.45) is 0 Å². The first-order valence-electron chi connectivity index (χ1n) is 6.73. The molecule has 6 heteroatoms. The van der Waals surface area contributed by atoms with E-state index >= 15 is 0 Å². The van der Waals surface area contributed by atoms with Gasteiger partial charge in [0.05, 0.1) is 6.61 Å². The Morgan fingerprint density at radius 3 is 2.06 bits per heavy atom. The fraction of sp³-hybridized carbons (Fsp3) is 0.917. The van der Waals surface area contributed by atoms with Crippen molar-refractivity contribution in [1.82, 2.24) is 0 Å². The lowest BCUT2D eigenvalue weighted by atomic mass is 10.2. The van der Waals surface area contributed by atoms with E-state index < -0.39 is 8.80 Å². The summed E-state index contributed by atoms with van der Waals surface area (Å²) in [6.45, 7) is 8.11. The van der Waals surface area contributed by atoms with Gasteiger partial charge in [-0.15, -0.1) is 0 Å². The number of carbonyl (C=O) groups is 1. The molecule has 1 heterocycles. The largest absolute Gasteiger partial charge is 0.500 e. The van der Waals surface area contributed by atoms with Gasteiger partial charge in [0.2, 0.25) is 0 Å². The summed E-state index contributed by atoms with van der Waals surface area (Å²) in [5.74, 6) is 0.183. The van der Waals surface area contributed by atoms with E-state index in [1.54, 1.807) is 0 Å². The van der Waals surface area contributed by atoms with Gasteiger partial charge in [-0.2, -0.15) is 0 Å². The zero-order valence-corrected chi connectivity index (χ0v) is 12.6. The Balaban J connectivity index is 2.39. The Labute approximate surface area is 110 Å². The third kappa shape index (κ3) is 5.15. The van der Waals surface area contributed by atoms with Crippen LogP contribution >= 0.6 is 0 Å². The molecule has 0 aliphatic carbocycles. The van der Waals surface area contributed by atoms with Crippen molar-refractivity contribution in [3.63, 3.8) is 0 Å².